The number of para-hydroxylation sites is 1. The van der Waals surface area contributed by atoms with Crippen molar-refractivity contribution in [2.45, 2.75) is 12.5 Å². The highest BCUT2D eigenvalue weighted by molar-refractivity contribution is 9.10. The topological polar surface area (TPSA) is 87.7 Å². The number of aromatic hydroxyl groups is 1. The van der Waals surface area contributed by atoms with Crippen molar-refractivity contribution in [3.63, 3.8) is 0 Å². The van der Waals surface area contributed by atoms with Crippen molar-refractivity contribution in [2.24, 2.45) is 0 Å². The van der Waals surface area contributed by atoms with Crippen molar-refractivity contribution in [2.75, 3.05) is 27.4 Å². The number of hydrogen-bond acceptors (Lipinski definition) is 5. The normalized spacial score (nSPS) is 15.5. The maximum Gasteiger partial charge on any atom is 0.273 e. The third-order valence-electron chi connectivity index (χ3n) is 5.26. The van der Waals surface area contributed by atoms with E-state index in [1.54, 1.807) is 37.3 Å². The Morgan fingerprint density at radius 2 is 2.03 bits per heavy atom. The molecule has 30 heavy (non-hydrogen) atoms. The maximum atomic E-state index is 13.3. The molecule has 0 aliphatic carbocycles. The van der Waals surface area contributed by atoms with Gasteiger partial charge in [-0.1, -0.05) is 28.1 Å². The fourth-order valence-corrected chi connectivity index (χ4v) is 4.31. The lowest BCUT2D eigenvalue weighted by Crippen LogP contribution is -2.31. The zero-order valence-corrected chi connectivity index (χ0v) is 18.3. The summed E-state index contributed by atoms with van der Waals surface area (Å²) in [6.07, 6.45) is 0.693. The molecule has 3 aromatic rings. The minimum absolute atomic E-state index is 0.108. The van der Waals surface area contributed by atoms with Gasteiger partial charge in [0.1, 0.15) is 22.9 Å². The number of benzene rings is 2. The summed E-state index contributed by atoms with van der Waals surface area (Å²) in [6, 6.07) is 12.3. The lowest BCUT2D eigenvalue weighted by atomic mass is 9.95. The number of ether oxygens (including phenoxy) is 2. The molecular formula is C22H22BrN3O4. The van der Waals surface area contributed by atoms with Crippen LogP contribution in [0.15, 0.2) is 46.9 Å². The van der Waals surface area contributed by atoms with Crippen LogP contribution in [0.2, 0.25) is 0 Å². The van der Waals surface area contributed by atoms with Gasteiger partial charge in [0, 0.05) is 41.4 Å². The number of phenols is 1. The summed E-state index contributed by atoms with van der Waals surface area (Å²) in [5, 5.41) is 17.7. The number of nitrogens with one attached hydrogen (secondary N) is 1. The van der Waals surface area contributed by atoms with Gasteiger partial charge in [-0.25, -0.2) is 0 Å². The molecule has 7 nitrogen and oxygen atoms in total. The first-order valence-corrected chi connectivity index (χ1v) is 10.4. The lowest BCUT2D eigenvalue weighted by molar-refractivity contribution is 0.0722. The monoisotopic (exact) mass is 471 g/mol. The van der Waals surface area contributed by atoms with Crippen molar-refractivity contribution in [1.29, 1.82) is 0 Å². The number of rotatable bonds is 7. The minimum Gasteiger partial charge on any atom is -0.507 e. The van der Waals surface area contributed by atoms with Crippen molar-refractivity contribution >= 4 is 21.8 Å². The van der Waals surface area contributed by atoms with Gasteiger partial charge in [0.15, 0.2) is 0 Å². The predicted octanol–water partition coefficient (Wildman–Crippen LogP) is 4.14. The standard InChI is InChI=1S/C22H22BrN3O4/c1-29-11-5-10-26-21(15-12-13(23)8-9-17(15)30-2)18-19(24-25-20(18)22(26)28)14-6-3-4-7-16(14)27/h3-4,6-9,12,21,27H,5,10-11H2,1-2H3,(H,24,25)/t21-/m0/s1. The zero-order chi connectivity index (χ0) is 21.3. The Labute approximate surface area is 182 Å². The molecule has 0 unspecified atom stereocenters. The van der Waals surface area contributed by atoms with E-state index in [0.29, 0.717) is 42.3 Å². The average molecular weight is 472 g/mol. The Bertz CT molecular complexity index is 1080. The largest absolute Gasteiger partial charge is 0.507 e. The first-order valence-electron chi connectivity index (χ1n) is 9.56. The van der Waals surface area contributed by atoms with E-state index in [1.807, 2.05) is 24.3 Å². The molecular weight excluding hydrogens is 450 g/mol. The average Bonchev–Trinajstić information content (AvgIpc) is 3.28. The number of phenolic OH excluding ortho intramolecular Hbond substituents is 1. The van der Waals surface area contributed by atoms with Gasteiger partial charge in [-0.05, 0) is 36.8 Å². The van der Waals surface area contributed by atoms with Crippen LogP contribution in [0, 0.1) is 0 Å². The molecule has 4 rings (SSSR count). The van der Waals surface area contributed by atoms with Gasteiger partial charge in [0.05, 0.1) is 13.2 Å². The number of carbonyl (C=O) groups is 1. The van der Waals surface area contributed by atoms with Crippen molar-refractivity contribution < 1.29 is 19.4 Å². The molecule has 0 saturated heterocycles. The van der Waals surface area contributed by atoms with E-state index in [1.165, 1.54) is 0 Å². The van der Waals surface area contributed by atoms with E-state index < -0.39 is 6.04 Å². The first kappa shape index (κ1) is 20.4. The summed E-state index contributed by atoms with van der Waals surface area (Å²) < 4.78 is 11.7. The summed E-state index contributed by atoms with van der Waals surface area (Å²) in [5.74, 6) is 0.643. The second-order valence-electron chi connectivity index (χ2n) is 7.01. The van der Waals surface area contributed by atoms with Crippen LogP contribution >= 0.6 is 15.9 Å². The number of halogens is 1. The highest BCUT2D eigenvalue weighted by Crippen LogP contribution is 2.47. The Hall–Kier alpha value is -2.84. The molecule has 0 bridgehead atoms. The minimum atomic E-state index is -0.412. The second-order valence-corrected chi connectivity index (χ2v) is 7.93. The van der Waals surface area contributed by atoms with E-state index in [0.717, 1.165) is 15.6 Å². The summed E-state index contributed by atoms with van der Waals surface area (Å²) in [6.45, 7) is 1.06. The Kier molecular flexibility index (Phi) is 5.78. The Morgan fingerprint density at radius 3 is 2.77 bits per heavy atom. The number of amides is 1. The fraction of sp³-hybridized carbons (Fsp3) is 0.273. The number of aromatic nitrogens is 2. The van der Waals surface area contributed by atoms with Crippen LogP contribution < -0.4 is 4.74 Å². The number of methoxy groups -OCH3 is 2. The van der Waals surface area contributed by atoms with Crippen LogP contribution in [0.25, 0.3) is 11.3 Å². The Morgan fingerprint density at radius 1 is 1.23 bits per heavy atom. The Balaban J connectivity index is 1.90. The van der Waals surface area contributed by atoms with E-state index in [9.17, 15) is 9.90 Å². The van der Waals surface area contributed by atoms with Gasteiger partial charge in [-0.15, -0.1) is 0 Å². The number of fused-ring (bicyclic) bond motifs is 1. The molecule has 0 spiro atoms. The molecule has 2 N–H and O–H groups in total. The summed E-state index contributed by atoms with van der Waals surface area (Å²) in [7, 11) is 3.25. The van der Waals surface area contributed by atoms with Crippen LogP contribution in [-0.2, 0) is 4.74 Å². The van der Waals surface area contributed by atoms with Crippen molar-refractivity contribution in [3.8, 4) is 22.8 Å². The van der Waals surface area contributed by atoms with E-state index >= 15 is 0 Å². The number of hydrogen-bond donors (Lipinski definition) is 2. The van der Waals surface area contributed by atoms with Crippen molar-refractivity contribution in [3.05, 3.63) is 63.8 Å². The van der Waals surface area contributed by atoms with Crippen LogP contribution in [0.1, 0.15) is 34.1 Å². The van der Waals surface area contributed by atoms with Crippen LogP contribution in [-0.4, -0.2) is 53.5 Å². The van der Waals surface area contributed by atoms with Gasteiger partial charge in [0.2, 0.25) is 0 Å². The third kappa shape index (κ3) is 3.46. The first-order chi connectivity index (χ1) is 14.6. The number of aromatic amines is 1. The lowest BCUT2D eigenvalue weighted by Gasteiger charge is -2.27. The predicted molar refractivity (Wildman–Crippen MR) is 116 cm³/mol. The molecule has 2 heterocycles. The highest BCUT2D eigenvalue weighted by atomic mass is 79.9. The van der Waals surface area contributed by atoms with Crippen LogP contribution in [0.4, 0.5) is 0 Å². The van der Waals surface area contributed by atoms with Crippen LogP contribution in [0.5, 0.6) is 11.5 Å². The van der Waals surface area contributed by atoms with Gasteiger partial charge in [-0.2, -0.15) is 5.10 Å². The fourth-order valence-electron chi connectivity index (χ4n) is 3.93. The highest BCUT2D eigenvalue weighted by Gasteiger charge is 2.43. The molecule has 156 valence electrons. The van der Waals surface area contributed by atoms with Crippen LogP contribution in [0.3, 0.4) is 0 Å². The molecule has 1 amide bonds. The maximum absolute atomic E-state index is 13.3. The number of carbonyl (C=O) groups excluding carboxylic acids is 1. The molecule has 0 radical (unpaired) electrons. The smallest absolute Gasteiger partial charge is 0.273 e. The van der Waals surface area contributed by atoms with Gasteiger partial charge >= 0.3 is 0 Å². The summed E-state index contributed by atoms with van der Waals surface area (Å²) in [4.78, 5) is 15.1. The van der Waals surface area contributed by atoms with E-state index in [4.69, 9.17) is 9.47 Å². The molecule has 1 atom stereocenters. The van der Waals surface area contributed by atoms with Gasteiger partial charge in [-0.3, -0.25) is 9.89 Å². The van der Waals surface area contributed by atoms with Crippen molar-refractivity contribution in [1.82, 2.24) is 15.1 Å². The SMILES string of the molecule is COCCCN1C(=O)c2[nH]nc(-c3ccccc3O)c2[C@@H]1c1cc(Br)ccc1OC. The molecule has 1 aromatic heterocycles. The molecule has 8 heteroatoms. The van der Waals surface area contributed by atoms with Gasteiger partial charge in [0.25, 0.3) is 5.91 Å². The summed E-state index contributed by atoms with van der Waals surface area (Å²) in [5.41, 5.74) is 3.13. The summed E-state index contributed by atoms with van der Waals surface area (Å²) >= 11 is 3.53. The molecule has 1 aliphatic heterocycles. The quantitative estimate of drug-likeness (QED) is 0.505. The number of H-pyrrole nitrogens is 1. The third-order valence-corrected chi connectivity index (χ3v) is 5.75. The van der Waals surface area contributed by atoms with E-state index in [2.05, 4.69) is 26.1 Å². The molecule has 2 aromatic carbocycles. The molecule has 1 aliphatic rings. The zero-order valence-electron chi connectivity index (χ0n) is 16.7. The second kappa shape index (κ2) is 8.49. The number of nitrogens with zero attached hydrogens (tertiary/aromatic N) is 2. The molecule has 0 saturated carbocycles. The van der Waals surface area contributed by atoms with Gasteiger partial charge < -0.3 is 19.5 Å². The molecule has 0 fully saturated rings. The van der Waals surface area contributed by atoms with E-state index in [-0.39, 0.29) is 11.7 Å².